The Labute approximate surface area is 172 Å². The van der Waals surface area contributed by atoms with Gasteiger partial charge in [-0.05, 0) is 56.1 Å². The summed E-state index contributed by atoms with van der Waals surface area (Å²) in [5, 5.41) is 8.87. The largest absolute Gasteiger partial charge is 0.357 e. The van der Waals surface area contributed by atoms with Crippen LogP contribution in [0.15, 0.2) is 40.7 Å². The number of nitrogens with zero attached hydrogens (tertiary/aromatic N) is 2. The van der Waals surface area contributed by atoms with Crippen molar-refractivity contribution in [2.75, 3.05) is 20.6 Å². The molecule has 0 fully saturated rings. The Bertz CT molecular complexity index is 667. The molecule has 0 unspecified atom stereocenters. The lowest BCUT2D eigenvalue weighted by molar-refractivity contribution is 0.402. The van der Waals surface area contributed by atoms with Crippen LogP contribution in [-0.4, -0.2) is 31.5 Å². The Morgan fingerprint density at radius 1 is 1.16 bits per heavy atom. The van der Waals surface area contributed by atoms with Crippen molar-refractivity contribution in [3.8, 4) is 0 Å². The lowest BCUT2D eigenvalue weighted by Crippen LogP contribution is -2.36. The van der Waals surface area contributed by atoms with E-state index in [-0.39, 0.29) is 24.0 Å². The standard InChI is InChI=1S/C19H28N4S.HI/c1-5-20-19(22-13-18-15(2)9-10-24-18)21-12-16-7-6-8-17(11-16)14-23(3)4;/h6-11H,5,12-14H2,1-4H3,(H2,20,21,22);1H. The zero-order valence-corrected chi connectivity index (χ0v) is 18.7. The van der Waals surface area contributed by atoms with Gasteiger partial charge in [0, 0.05) is 18.0 Å². The third-order valence-electron chi connectivity index (χ3n) is 3.64. The molecule has 0 bridgehead atoms. The van der Waals surface area contributed by atoms with E-state index in [0.29, 0.717) is 6.54 Å². The first-order valence-electron chi connectivity index (χ1n) is 8.36. The maximum absolute atomic E-state index is 4.72. The van der Waals surface area contributed by atoms with Crippen LogP contribution in [-0.2, 0) is 19.6 Å². The number of halogens is 1. The Kier molecular flexibility index (Phi) is 10.1. The highest BCUT2D eigenvalue weighted by atomic mass is 127. The van der Waals surface area contributed by atoms with Crippen LogP contribution in [0.1, 0.15) is 28.5 Å². The quantitative estimate of drug-likeness (QED) is 0.364. The Morgan fingerprint density at radius 3 is 2.56 bits per heavy atom. The van der Waals surface area contributed by atoms with Crippen LogP contribution in [0.25, 0.3) is 0 Å². The van der Waals surface area contributed by atoms with Crippen molar-refractivity contribution in [1.82, 2.24) is 15.5 Å². The van der Waals surface area contributed by atoms with E-state index in [1.165, 1.54) is 21.6 Å². The molecule has 1 aromatic heterocycles. The van der Waals surface area contributed by atoms with Crippen LogP contribution in [0.3, 0.4) is 0 Å². The van der Waals surface area contributed by atoms with Crippen molar-refractivity contribution < 1.29 is 0 Å². The zero-order chi connectivity index (χ0) is 17.4. The fourth-order valence-electron chi connectivity index (χ4n) is 2.45. The first-order chi connectivity index (χ1) is 11.6. The van der Waals surface area contributed by atoms with Crippen molar-refractivity contribution in [2.24, 2.45) is 4.99 Å². The number of rotatable bonds is 7. The van der Waals surface area contributed by atoms with Crippen LogP contribution in [0.2, 0.25) is 0 Å². The first-order valence-corrected chi connectivity index (χ1v) is 9.24. The predicted octanol–water partition coefficient (Wildman–Crippen LogP) is 3.99. The smallest absolute Gasteiger partial charge is 0.191 e. The minimum atomic E-state index is 0. The third-order valence-corrected chi connectivity index (χ3v) is 4.66. The van der Waals surface area contributed by atoms with E-state index in [4.69, 9.17) is 4.99 Å². The summed E-state index contributed by atoms with van der Waals surface area (Å²) >= 11 is 1.78. The second-order valence-corrected chi connectivity index (χ2v) is 7.13. The third kappa shape index (κ3) is 7.75. The minimum absolute atomic E-state index is 0. The van der Waals surface area contributed by atoms with E-state index >= 15 is 0 Å². The Morgan fingerprint density at radius 2 is 1.92 bits per heavy atom. The zero-order valence-electron chi connectivity index (χ0n) is 15.5. The molecular formula is C19H29IN4S. The van der Waals surface area contributed by atoms with Crippen LogP contribution in [0, 0.1) is 6.92 Å². The molecule has 0 radical (unpaired) electrons. The van der Waals surface area contributed by atoms with Gasteiger partial charge in [-0.3, -0.25) is 0 Å². The molecule has 0 atom stereocenters. The summed E-state index contributed by atoms with van der Waals surface area (Å²) in [4.78, 5) is 8.25. The number of aryl methyl sites for hydroxylation is 1. The molecule has 138 valence electrons. The van der Waals surface area contributed by atoms with Gasteiger partial charge in [-0.2, -0.15) is 0 Å². The fourth-order valence-corrected chi connectivity index (χ4v) is 3.30. The summed E-state index contributed by atoms with van der Waals surface area (Å²) in [6.07, 6.45) is 0. The maximum Gasteiger partial charge on any atom is 0.191 e. The highest BCUT2D eigenvalue weighted by Gasteiger charge is 2.03. The van der Waals surface area contributed by atoms with E-state index in [9.17, 15) is 0 Å². The normalized spacial score (nSPS) is 11.3. The molecule has 0 aliphatic carbocycles. The second kappa shape index (κ2) is 11.5. The summed E-state index contributed by atoms with van der Waals surface area (Å²) in [6, 6.07) is 10.8. The highest BCUT2D eigenvalue weighted by Crippen LogP contribution is 2.14. The van der Waals surface area contributed by atoms with Crippen molar-refractivity contribution in [1.29, 1.82) is 0 Å². The lowest BCUT2D eigenvalue weighted by Gasteiger charge is -2.12. The number of guanidine groups is 1. The first kappa shape index (κ1) is 21.9. The fraction of sp³-hybridized carbons (Fsp3) is 0.421. The van der Waals surface area contributed by atoms with E-state index in [1.54, 1.807) is 11.3 Å². The molecule has 0 saturated heterocycles. The van der Waals surface area contributed by atoms with Crippen molar-refractivity contribution in [3.63, 3.8) is 0 Å². The van der Waals surface area contributed by atoms with Gasteiger partial charge in [-0.25, -0.2) is 4.99 Å². The number of benzene rings is 1. The second-order valence-electron chi connectivity index (χ2n) is 6.13. The molecule has 6 heteroatoms. The van der Waals surface area contributed by atoms with Gasteiger partial charge < -0.3 is 15.5 Å². The summed E-state index contributed by atoms with van der Waals surface area (Å²) in [7, 11) is 4.18. The van der Waals surface area contributed by atoms with E-state index in [1.807, 2.05) is 0 Å². The van der Waals surface area contributed by atoms with Gasteiger partial charge in [0.2, 0.25) is 0 Å². The molecule has 0 amide bonds. The summed E-state index contributed by atoms with van der Waals surface area (Å²) in [6.45, 7) is 7.54. The predicted molar refractivity (Wildman–Crippen MR) is 120 cm³/mol. The van der Waals surface area contributed by atoms with Crippen molar-refractivity contribution in [3.05, 3.63) is 57.3 Å². The van der Waals surface area contributed by atoms with Crippen LogP contribution in [0.5, 0.6) is 0 Å². The molecule has 2 N–H and O–H groups in total. The molecule has 0 spiro atoms. The average Bonchev–Trinajstić information content (AvgIpc) is 2.95. The average molecular weight is 472 g/mol. The molecule has 0 aliphatic heterocycles. The number of hydrogen-bond donors (Lipinski definition) is 2. The summed E-state index contributed by atoms with van der Waals surface area (Å²) in [5.74, 6) is 0.864. The summed E-state index contributed by atoms with van der Waals surface area (Å²) < 4.78 is 0. The van der Waals surface area contributed by atoms with E-state index in [0.717, 1.165) is 25.6 Å². The molecule has 1 heterocycles. The van der Waals surface area contributed by atoms with Crippen LogP contribution in [0.4, 0.5) is 0 Å². The molecule has 2 aromatic rings. The number of hydrogen-bond acceptors (Lipinski definition) is 3. The monoisotopic (exact) mass is 472 g/mol. The number of nitrogens with one attached hydrogen (secondary N) is 2. The molecule has 2 rings (SSSR count). The van der Waals surface area contributed by atoms with E-state index in [2.05, 4.69) is 79.2 Å². The Balaban J connectivity index is 0.00000312. The van der Waals surface area contributed by atoms with E-state index < -0.39 is 0 Å². The van der Waals surface area contributed by atoms with Gasteiger partial charge in [-0.1, -0.05) is 24.3 Å². The molecular weight excluding hydrogens is 443 g/mol. The Hall–Kier alpha value is -1.12. The van der Waals surface area contributed by atoms with Crippen LogP contribution >= 0.6 is 35.3 Å². The number of thiophene rings is 1. The SMILES string of the molecule is CCNC(=NCc1cccc(CN(C)C)c1)NCc1sccc1C.I. The lowest BCUT2D eigenvalue weighted by atomic mass is 10.1. The van der Waals surface area contributed by atoms with Gasteiger partial charge in [0.25, 0.3) is 0 Å². The molecule has 4 nitrogen and oxygen atoms in total. The van der Waals surface area contributed by atoms with Gasteiger partial charge in [0.05, 0.1) is 13.1 Å². The van der Waals surface area contributed by atoms with Gasteiger partial charge in [0.15, 0.2) is 5.96 Å². The van der Waals surface area contributed by atoms with Crippen molar-refractivity contribution >= 4 is 41.3 Å². The topological polar surface area (TPSA) is 39.7 Å². The van der Waals surface area contributed by atoms with Crippen molar-refractivity contribution in [2.45, 2.75) is 33.5 Å². The van der Waals surface area contributed by atoms with Gasteiger partial charge in [0.1, 0.15) is 0 Å². The van der Waals surface area contributed by atoms with Crippen LogP contribution < -0.4 is 10.6 Å². The molecule has 0 saturated carbocycles. The summed E-state index contributed by atoms with van der Waals surface area (Å²) in [5.41, 5.74) is 3.89. The molecule has 1 aromatic carbocycles. The number of aliphatic imine (C=N–C) groups is 1. The van der Waals surface area contributed by atoms with Gasteiger partial charge >= 0.3 is 0 Å². The minimum Gasteiger partial charge on any atom is -0.357 e. The molecule has 0 aliphatic rings. The van der Waals surface area contributed by atoms with Gasteiger partial charge in [-0.15, -0.1) is 35.3 Å². The molecule has 25 heavy (non-hydrogen) atoms. The highest BCUT2D eigenvalue weighted by molar-refractivity contribution is 14.0. The maximum atomic E-state index is 4.72.